The monoisotopic (exact) mass is 531 g/mol. The SMILES string of the molecule is CCCCC(CC)CC1(CC(CC)CCCC)c2cc([B]OCCO)ccc2-c2ccc(B3OCCO3)cc21. The molecule has 4 rings (SSSR count). The van der Waals surface area contributed by atoms with Gasteiger partial charge >= 0.3 is 14.6 Å². The Hall–Kier alpha value is -1.59. The topological polar surface area (TPSA) is 47.9 Å². The molecule has 0 amide bonds. The molecule has 211 valence electrons. The van der Waals surface area contributed by atoms with Gasteiger partial charge in [-0.2, -0.15) is 0 Å². The van der Waals surface area contributed by atoms with E-state index in [1.807, 2.05) is 7.48 Å². The lowest BCUT2D eigenvalue weighted by molar-refractivity contribution is 0.209. The van der Waals surface area contributed by atoms with Crippen LogP contribution in [-0.4, -0.2) is 46.1 Å². The molecule has 1 aliphatic heterocycles. The Labute approximate surface area is 238 Å². The van der Waals surface area contributed by atoms with Crippen LogP contribution in [0.15, 0.2) is 36.4 Å². The normalized spacial score (nSPS) is 19.7. The zero-order valence-electron chi connectivity index (χ0n) is 24.8. The minimum absolute atomic E-state index is 0.0239. The van der Waals surface area contributed by atoms with Crippen LogP contribution in [0.1, 0.15) is 103 Å². The molecule has 0 bridgehead atoms. The van der Waals surface area contributed by atoms with Gasteiger partial charge in [-0.3, -0.25) is 0 Å². The van der Waals surface area contributed by atoms with Crippen LogP contribution in [0.4, 0.5) is 0 Å². The molecular formula is C33H49B2O4. The van der Waals surface area contributed by atoms with Crippen LogP contribution < -0.4 is 10.9 Å². The molecule has 0 aromatic heterocycles. The molecule has 1 fully saturated rings. The van der Waals surface area contributed by atoms with E-state index in [0.717, 1.165) is 10.9 Å². The Bertz CT molecular complexity index is 1020. The molecule has 4 nitrogen and oxygen atoms in total. The molecule has 1 heterocycles. The zero-order valence-corrected chi connectivity index (χ0v) is 24.8. The van der Waals surface area contributed by atoms with Gasteiger partial charge in [0.05, 0.1) is 26.4 Å². The van der Waals surface area contributed by atoms with Gasteiger partial charge in [-0.25, -0.2) is 0 Å². The Morgan fingerprint density at radius 2 is 1.46 bits per heavy atom. The maximum atomic E-state index is 9.25. The van der Waals surface area contributed by atoms with Crippen LogP contribution >= 0.6 is 0 Å². The lowest BCUT2D eigenvalue weighted by Crippen LogP contribution is -2.36. The molecule has 39 heavy (non-hydrogen) atoms. The predicted molar refractivity (Wildman–Crippen MR) is 164 cm³/mol. The van der Waals surface area contributed by atoms with Gasteiger partial charge in [-0.05, 0) is 52.4 Å². The number of hydrogen-bond acceptors (Lipinski definition) is 4. The summed E-state index contributed by atoms with van der Waals surface area (Å²) in [4.78, 5) is 0. The molecule has 1 N–H and O–H groups in total. The summed E-state index contributed by atoms with van der Waals surface area (Å²) < 4.78 is 17.6. The first-order valence-corrected chi connectivity index (χ1v) is 15.7. The first kappa shape index (κ1) is 30.4. The Morgan fingerprint density at radius 1 is 0.872 bits per heavy atom. The summed E-state index contributed by atoms with van der Waals surface area (Å²) in [5.74, 6) is 1.35. The van der Waals surface area contributed by atoms with E-state index in [2.05, 4.69) is 64.1 Å². The smallest absolute Gasteiger partial charge is 0.432 e. The minimum Gasteiger partial charge on any atom is -0.432 e. The van der Waals surface area contributed by atoms with Gasteiger partial charge in [0.25, 0.3) is 0 Å². The molecule has 2 atom stereocenters. The van der Waals surface area contributed by atoms with Crippen molar-refractivity contribution in [1.29, 1.82) is 0 Å². The fourth-order valence-electron chi connectivity index (χ4n) is 6.90. The van der Waals surface area contributed by atoms with Crippen molar-refractivity contribution in [2.45, 2.75) is 97.3 Å². The third kappa shape index (κ3) is 7.01. The van der Waals surface area contributed by atoms with Crippen molar-refractivity contribution in [1.82, 2.24) is 0 Å². The number of benzene rings is 2. The molecule has 0 saturated carbocycles. The standard InChI is InChI=1S/C33H49B2O4/c1-5-9-11-25(7-3)23-33(24-26(8-4)12-10-6-2)31-21-27(34-37-18-17-36)13-15-29(31)30-16-14-28(22-32(30)33)35-38-19-20-39-35/h13-16,21-22,25-26,36H,5-12,17-20,23-24H2,1-4H3. The summed E-state index contributed by atoms with van der Waals surface area (Å²) in [6, 6.07) is 13.8. The van der Waals surface area contributed by atoms with Crippen LogP contribution in [0, 0.1) is 11.8 Å². The van der Waals surface area contributed by atoms with Crippen LogP contribution in [0.2, 0.25) is 0 Å². The highest BCUT2D eigenvalue weighted by molar-refractivity contribution is 6.61. The Balaban J connectivity index is 1.85. The van der Waals surface area contributed by atoms with Gasteiger partial charge in [-0.1, -0.05) is 121 Å². The van der Waals surface area contributed by atoms with Crippen molar-refractivity contribution in [3.8, 4) is 11.1 Å². The van der Waals surface area contributed by atoms with Crippen LogP contribution in [0.3, 0.4) is 0 Å². The van der Waals surface area contributed by atoms with Crippen molar-refractivity contribution < 1.29 is 19.1 Å². The maximum Gasteiger partial charge on any atom is 0.494 e. The van der Waals surface area contributed by atoms with E-state index in [-0.39, 0.29) is 19.1 Å². The van der Waals surface area contributed by atoms with E-state index in [1.165, 1.54) is 86.5 Å². The molecule has 1 saturated heterocycles. The molecule has 2 aliphatic rings. The van der Waals surface area contributed by atoms with Gasteiger partial charge < -0.3 is 19.1 Å². The Kier molecular flexibility index (Phi) is 11.6. The van der Waals surface area contributed by atoms with Gasteiger partial charge in [-0.15, -0.1) is 0 Å². The second kappa shape index (κ2) is 14.9. The van der Waals surface area contributed by atoms with Crippen LogP contribution in [-0.2, 0) is 19.4 Å². The molecule has 1 radical (unpaired) electrons. The first-order chi connectivity index (χ1) is 19.1. The quantitative estimate of drug-likeness (QED) is 0.196. The van der Waals surface area contributed by atoms with E-state index < -0.39 is 0 Å². The summed E-state index contributed by atoms with van der Waals surface area (Å²) >= 11 is 0. The van der Waals surface area contributed by atoms with Gasteiger partial charge in [0.15, 0.2) is 0 Å². The number of hydrogen-bond donors (Lipinski definition) is 1. The molecule has 6 heteroatoms. The second-order valence-electron chi connectivity index (χ2n) is 11.7. The average Bonchev–Trinajstić information content (AvgIpc) is 3.59. The number of aliphatic hydroxyl groups is 1. The number of aliphatic hydroxyl groups excluding tert-OH is 1. The van der Waals surface area contributed by atoms with Crippen LogP contribution in [0.5, 0.6) is 0 Å². The predicted octanol–water partition coefficient (Wildman–Crippen LogP) is 6.16. The minimum atomic E-state index is -0.267. The fourth-order valence-corrected chi connectivity index (χ4v) is 6.90. The largest absolute Gasteiger partial charge is 0.494 e. The van der Waals surface area contributed by atoms with E-state index in [0.29, 0.717) is 31.7 Å². The highest BCUT2D eigenvalue weighted by Gasteiger charge is 2.46. The number of unbranched alkanes of at least 4 members (excludes halogenated alkanes) is 2. The maximum absolute atomic E-state index is 9.25. The average molecular weight is 531 g/mol. The fraction of sp³-hybridized carbons (Fsp3) is 0.636. The summed E-state index contributed by atoms with van der Waals surface area (Å²) in [5, 5.41) is 9.25. The van der Waals surface area contributed by atoms with Crippen molar-refractivity contribution in [2.24, 2.45) is 11.8 Å². The summed E-state index contributed by atoms with van der Waals surface area (Å²) in [6.07, 6.45) is 12.4. The van der Waals surface area contributed by atoms with Crippen molar-refractivity contribution in [3.63, 3.8) is 0 Å². The van der Waals surface area contributed by atoms with Crippen molar-refractivity contribution in [3.05, 3.63) is 47.5 Å². The van der Waals surface area contributed by atoms with Gasteiger partial charge in [0.1, 0.15) is 0 Å². The van der Waals surface area contributed by atoms with Crippen molar-refractivity contribution in [2.75, 3.05) is 26.4 Å². The highest BCUT2D eigenvalue weighted by atomic mass is 16.6. The summed E-state index contributed by atoms with van der Waals surface area (Å²) in [6.45, 7) is 11.0. The van der Waals surface area contributed by atoms with Crippen molar-refractivity contribution >= 4 is 25.5 Å². The van der Waals surface area contributed by atoms with E-state index >= 15 is 0 Å². The molecule has 2 aromatic carbocycles. The third-order valence-corrected chi connectivity index (χ3v) is 9.09. The number of fused-ring (bicyclic) bond motifs is 3. The lowest BCUT2D eigenvalue weighted by Gasteiger charge is -2.39. The Morgan fingerprint density at radius 3 is 2.03 bits per heavy atom. The molecule has 0 spiro atoms. The lowest BCUT2D eigenvalue weighted by atomic mass is 9.63. The van der Waals surface area contributed by atoms with E-state index in [9.17, 15) is 5.11 Å². The molecule has 2 unspecified atom stereocenters. The van der Waals surface area contributed by atoms with Crippen LogP contribution in [0.25, 0.3) is 11.1 Å². The van der Waals surface area contributed by atoms with E-state index in [4.69, 9.17) is 14.0 Å². The number of rotatable bonds is 17. The third-order valence-electron chi connectivity index (χ3n) is 9.09. The highest BCUT2D eigenvalue weighted by Crippen LogP contribution is 2.55. The summed E-state index contributed by atoms with van der Waals surface area (Å²) in [7, 11) is 1.55. The van der Waals surface area contributed by atoms with E-state index in [1.54, 1.807) is 0 Å². The zero-order chi connectivity index (χ0) is 27.7. The molecule has 1 aliphatic carbocycles. The van der Waals surface area contributed by atoms with Gasteiger partial charge in [0, 0.05) is 5.41 Å². The second-order valence-corrected chi connectivity index (χ2v) is 11.7. The first-order valence-electron chi connectivity index (χ1n) is 15.7. The summed E-state index contributed by atoms with van der Waals surface area (Å²) in [5.41, 5.74) is 7.81. The molecular weight excluding hydrogens is 482 g/mol. The van der Waals surface area contributed by atoms with Gasteiger partial charge in [0.2, 0.25) is 0 Å². The molecule has 2 aromatic rings.